The van der Waals surface area contributed by atoms with Crippen LogP contribution in [0.15, 0.2) is 47.1 Å². The van der Waals surface area contributed by atoms with Crippen LogP contribution in [-0.2, 0) is 19.9 Å². The molecule has 0 amide bonds. The average molecular weight is 394 g/mol. The maximum absolute atomic E-state index is 4.95. The minimum absolute atomic E-state index is 0.735. The minimum atomic E-state index is 0.735. The van der Waals surface area contributed by atoms with Crippen molar-refractivity contribution >= 4 is 33.3 Å². The third kappa shape index (κ3) is 3.04. The molecule has 5 rings (SSSR count). The van der Waals surface area contributed by atoms with Gasteiger partial charge in [-0.05, 0) is 54.6 Å². The third-order valence-electron chi connectivity index (χ3n) is 5.01. The van der Waals surface area contributed by atoms with E-state index in [9.17, 15) is 0 Å². The fourth-order valence-electron chi connectivity index (χ4n) is 3.54. The highest BCUT2D eigenvalue weighted by Crippen LogP contribution is 2.42. The van der Waals surface area contributed by atoms with Gasteiger partial charge in [0.05, 0.1) is 0 Å². The maximum Gasteiger partial charge on any atom is 0.174 e. The summed E-state index contributed by atoms with van der Waals surface area (Å²) in [5, 5.41) is 3.17. The predicted octanol–water partition coefficient (Wildman–Crippen LogP) is 4.76. The highest BCUT2D eigenvalue weighted by atomic mass is 32.2. The van der Waals surface area contributed by atoms with E-state index in [1.54, 1.807) is 18.0 Å². The van der Waals surface area contributed by atoms with Crippen LogP contribution in [-0.4, -0.2) is 24.5 Å². The number of imidazole rings is 1. The van der Waals surface area contributed by atoms with Crippen molar-refractivity contribution in [1.29, 1.82) is 0 Å². The molecule has 0 spiro atoms. The fraction of sp³-hybridized carbons (Fsp3) is 0.300. The first-order valence-electron chi connectivity index (χ1n) is 9.07. The first-order chi connectivity index (χ1) is 13.2. The van der Waals surface area contributed by atoms with E-state index in [0.29, 0.717) is 0 Å². The largest absolute Gasteiger partial charge is 0.329 e. The molecule has 4 aromatic heterocycles. The number of rotatable bonds is 3. The molecule has 0 fully saturated rings. The first-order valence-corrected chi connectivity index (χ1v) is 10.7. The van der Waals surface area contributed by atoms with E-state index >= 15 is 0 Å². The van der Waals surface area contributed by atoms with Crippen molar-refractivity contribution in [3.8, 4) is 11.4 Å². The summed E-state index contributed by atoms with van der Waals surface area (Å²) in [5.41, 5.74) is 2.39. The van der Waals surface area contributed by atoms with Crippen molar-refractivity contribution in [1.82, 2.24) is 24.5 Å². The van der Waals surface area contributed by atoms with Crippen LogP contribution in [0.4, 0.5) is 0 Å². The van der Waals surface area contributed by atoms with E-state index < -0.39 is 0 Å². The number of aromatic nitrogens is 5. The van der Waals surface area contributed by atoms with E-state index in [0.717, 1.165) is 45.2 Å². The number of aryl methyl sites for hydroxylation is 2. The normalized spacial score (nSPS) is 16.6. The van der Waals surface area contributed by atoms with Gasteiger partial charge in [0.1, 0.15) is 9.86 Å². The summed E-state index contributed by atoms with van der Waals surface area (Å²) in [6.07, 6.45) is 10.9. The van der Waals surface area contributed by atoms with Gasteiger partial charge in [-0.3, -0.25) is 4.98 Å². The Balaban J connectivity index is 1.72. The summed E-state index contributed by atoms with van der Waals surface area (Å²) in [6.45, 7) is 2.34. The molecule has 136 valence electrons. The van der Waals surface area contributed by atoms with Gasteiger partial charge in [-0.1, -0.05) is 6.92 Å². The van der Waals surface area contributed by atoms with Crippen molar-refractivity contribution in [3.05, 3.63) is 47.4 Å². The van der Waals surface area contributed by atoms with Gasteiger partial charge in [0.2, 0.25) is 0 Å². The number of fused-ring (bicyclic) bond motifs is 3. The maximum atomic E-state index is 4.95. The van der Waals surface area contributed by atoms with Crippen LogP contribution in [0.25, 0.3) is 21.6 Å². The number of hydrogen-bond donors (Lipinski definition) is 0. The molecule has 4 aromatic rings. The van der Waals surface area contributed by atoms with Gasteiger partial charge in [0.25, 0.3) is 0 Å². The van der Waals surface area contributed by atoms with Crippen LogP contribution in [0.5, 0.6) is 0 Å². The number of thiophene rings is 1. The van der Waals surface area contributed by atoms with Crippen LogP contribution in [0.2, 0.25) is 0 Å². The molecule has 0 radical (unpaired) electrons. The summed E-state index contributed by atoms with van der Waals surface area (Å²) in [7, 11) is 2.01. The highest BCUT2D eigenvalue weighted by Gasteiger charge is 2.25. The molecule has 1 aliphatic rings. The van der Waals surface area contributed by atoms with Gasteiger partial charge in [-0.2, -0.15) is 0 Å². The SMILES string of the molecule is C[C@H]1CCc2c(sc3nc(-c4cccnc4)nc(Sc4nccn4C)c23)C1. The Morgan fingerprint density at radius 2 is 2.19 bits per heavy atom. The molecule has 0 aliphatic heterocycles. The Morgan fingerprint density at radius 3 is 2.96 bits per heavy atom. The molecule has 27 heavy (non-hydrogen) atoms. The molecule has 0 saturated carbocycles. The standard InChI is InChI=1S/C20H19N5S2/c1-12-5-6-14-15(10-12)26-18-16(14)19(27-20-22-8-9-25(20)2)24-17(23-18)13-4-3-7-21-11-13/h3-4,7-9,11-12H,5-6,10H2,1-2H3/t12-/m0/s1. The van der Waals surface area contributed by atoms with Crippen LogP contribution in [0, 0.1) is 5.92 Å². The van der Waals surface area contributed by atoms with Crippen molar-refractivity contribution in [2.45, 2.75) is 36.4 Å². The second-order valence-electron chi connectivity index (χ2n) is 7.05. The molecular formula is C20H19N5S2. The van der Waals surface area contributed by atoms with Gasteiger partial charge >= 0.3 is 0 Å². The molecule has 0 saturated heterocycles. The van der Waals surface area contributed by atoms with Crippen molar-refractivity contribution in [2.75, 3.05) is 0 Å². The Kier molecular flexibility index (Phi) is 4.21. The Morgan fingerprint density at radius 1 is 1.26 bits per heavy atom. The molecule has 0 unspecified atom stereocenters. The predicted molar refractivity (Wildman–Crippen MR) is 109 cm³/mol. The van der Waals surface area contributed by atoms with E-state index in [-0.39, 0.29) is 0 Å². The molecule has 0 aromatic carbocycles. The first kappa shape index (κ1) is 16.9. The van der Waals surface area contributed by atoms with Gasteiger partial charge < -0.3 is 4.57 Å². The van der Waals surface area contributed by atoms with E-state index in [2.05, 4.69) is 16.9 Å². The average Bonchev–Trinajstić information content (AvgIpc) is 3.25. The van der Waals surface area contributed by atoms with Crippen LogP contribution in [0.1, 0.15) is 23.8 Å². The quantitative estimate of drug-likeness (QED) is 0.470. The molecule has 1 aliphatic carbocycles. The third-order valence-corrected chi connectivity index (χ3v) is 7.22. The minimum Gasteiger partial charge on any atom is -0.329 e. The topological polar surface area (TPSA) is 56.5 Å². The fourth-order valence-corrected chi connectivity index (χ4v) is 5.94. The van der Waals surface area contributed by atoms with Gasteiger partial charge in [-0.15, -0.1) is 11.3 Å². The number of hydrogen-bond acceptors (Lipinski definition) is 6. The Labute approximate surface area is 165 Å². The van der Waals surface area contributed by atoms with Crippen molar-refractivity contribution in [2.24, 2.45) is 13.0 Å². The lowest BCUT2D eigenvalue weighted by molar-refractivity contribution is 0.509. The summed E-state index contributed by atoms with van der Waals surface area (Å²) >= 11 is 3.46. The van der Waals surface area contributed by atoms with Gasteiger partial charge in [0, 0.05) is 47.7 Å². The molecule has 0 bridgehead atoms. The molecule has 1 atom stereocenters. The highest BCUT2D eigenvalue weighted by molar-refractivity contribution is 7.99. The Hall–Kier alpha value is -2.25. The monoisotopic (exact) mass is 393 g/mol. The van der Waals surface area contributed by atoms with Gasteiger partial charge in [-0.25, -0.2) is 15.0 Å². The molecular weight excluding hydrogens is 374 g/mol. The van der Waals surface area contributed by atoms with Crippen molar-refractivity contribution in [3.63, 3.8) is 0 Å². The Bertz CT molecular complexity index is 1120. The molecule has 0 N–H and O–H groups in total. The van der Waals surface area contributed by atoms with Crippen LogP contribution < -0.4 is 0 Å². The lowest BCUT2D eigenvalue weighted by Gasteiger charge is -2.18. The zero-order chi connectivity index (χ0) is 18.4. The van der Waals surface area contributed by atoms with Gasteiger partial charge in [0.15, 0.2) is 11.0 Å². The van der Waals surface area contributed by atoms with E-state index in [1.165, 1.54) is 22.2 Å². The summed E-state index contributed by atoms with van der Waals surface area (Å²) in [5.74, 6) is 1.47. The summed E-state index contributed by atoms with van der Waals surface area (Å²) in [4.78, 5) is 21.1. The smallest absolute Gasteiger partial charge is 0.174 e. The van der Waals surface area contributed by atoms with E-state index in [1.807, 2.05) is 53.7 Å². The second kappa shape index (κ2) is 6.73. The zero-order valence-corrected chi connectivity index (χ0v) is 16.8. The van der Waals surface area contributed by atoms with Crippen LogP contribution in [0.3, 0.4) is 0 Å². The molecule has 5 nitrogen and oxygen atoms in total. The lowest BCUT2D eigenvalue weighted by atomic mass is 9.89. The summed E-state index contributed by atoms with van der Waals surface area (Å²) in [6, 6.07) is 3.94. The molecule has 7 heteroatoms. The second-order valence-corrected chi connectivity index (χ2v) is 9.09. The van der Waals surface area contributed by atoms with Crippen LogP contribution >= 0.6 is 23.1 Å². The number of pyridine rings is 1. The van der Waals surface area contributed by atoms with Crippen molar-refractivity contribution < 1.29 is 0 Å². The van der Waals surface area contributed by atoms with E-state index in [4.69, 9.17) is 9.97 Å². The number of nitrogens with zero attached hydrogens (tertiary/aromatic N) is 5. The lowest BCUT2D eigenvalue weighted by Crippen LogP contribution is -2.08. The zero-order valence-electron chi connectivity index (χ0n) is 15.2. The summed E-state index contributed by atoms with van der Waals surface area (Å²) < 4.78 is 2.03. The molecule has 4 heterocycles.